The number of benzene rings is 1. The molecule has 23 heavy (non-hydrogen) atoms. The quantitative estimate of drug-likeness (QED) is 0.569. The predicted octanol–water partition coefficient (Wildman–Crippen LogP) is 3.80. The van der Waals surface area contributed by atoms with Gasteiger partial charge in [0.1, 0.15) is 17.9 Å². The Morgan fingerprint density at radius 3 is 2.48 bits per heavy atom. The normalized spacial score (nSPS) is 26.7. The largest absolute Gasteiger partial charge is 0.390 e. The number of aliphatic imine (C=N–C) groups is 2. The Morgan fingerprint density at radius 1 is 1.17 bits per heavy atom. The van der Waals surface area contributed by atoms with Crippen LogP contribution in [0.4, 0.5) is 0 Å². The van der Waals surface area contributed by atoms with E-state index in [4.69, 9.17) is 11.9 Å². The number of fused-ring (bicyclic) bond motifs is 1. The first-order valence-electron chi connectivity index (χ1n) is 7.37. The minimum Gasteiger partial charge on any atom is -0.390 e. The first-order chi connectivity index (χ1) is 11.1. The molecule has 2 aliphatic heterocycles. The van der Waals surface area contributed by atoms with Gasteiger partial charge in [-0.25, -0.2) is 9.48 Å². The van der Waals surface area contributed by atoms with Crippen LogP contribution in [0.3, 0.4) is 0 Å². The first-order valence-corrected chi connectivity index (χ1v) is 8.96. The number of aliphatic hydroxyl groups excluding tert-OH is 1. The van der Waals surface area contributed by atoms with Crippen molar-refractivity contribution in [2.24, 2.45) is 9.98 Å². The molecule has 1 atom stereocenters. The van der Waals surface area contributed by atoms with Crippen molar-refractivity contribution < 1.29 is 9.59 Å². The van der Waals surface area contributed by atoms with Crippen LogP contribution in [0.25, 0.3) is 5.70 Å². The Morgan fingerprint density at radius 2 is 1.87 bits per heavy atom. The van der Waals surface area contributed by atoms with Gasteiger partial charge < -0.3 is 5.11 Å². The first kappa shape index (κ1) is 15.4. The van der Waals surface area contributed by atoms with E-state index in [-0.39, 0.29) is 6.61 Å². The topological polar surface area (TPSA) is 45.0 Å². The number of nitrogens with zero attached hydrogens (tertiary/aromatic N) is 3. The van der Waals surface area contributed by atoms with Crippen LogP contribution in [0.15, 0.2) is 50.8 Å². The van der Waals surface area contributed by atoms with Crippen molar-refractivity contribution in [1.82, 2.24) is 0 Å². The van der Waals surface area contributed by atoms with Crippen molar-refractivity contribution in [3.8, 4) is 0 Å². The zero-order valence-corrected chi connectivity index (χ0v) is 15.4. The fourth-order valence-electron chi connectivity index (χ4n) is 3.32. The lowest BCUT2D eigenvalue weighted by molar-refractivity contribution is -0.718. The van der Waals surface area contributed by atoms with E-state index in [1.807, 2.05) is 24.3 Å². The van der Waals surface area contributed by atoms with E-state index in [1.54, 1.807) is 0 Å². The van der Waals surface area contributed by atoms with E-state index in [2.05, 4.69) is 43.1 Å². The van der Waals surface area contributed by atoms with Crippen molar-refractivity contribution in [3.05, 3.63) is 58.8 Å². The van der Waals surface area contributed by atoms with Crippen molar-refractivity contribution in [3.63, 3.8) is 0 Å². The molecule has 0 aromatic heterocycles. The van der Waals surface area contributed by atoms with Gasteiger partial charge in [0.05, 0.1) is 6.61 Å². The monoisotopic (exact) mass is 434 g/mol. The van der Waals surface area contributed by atoms with Crippen molar-refractivity contribution in [2.75, 3.05) is 6.61 Å². The maximum Gasteiger partial charge on any atom is 0.271 e. The molecule has 0 bridgehead atoms. The summed E-state index contributed by atoms with van der Waals surface area (Å²) < 4.78 is 1.97. The summed E-state index contributed by atoms with van der Waals surface area (Å²) >= 11 is 7.06. The van der Waals surface area contributed by atoms with Crippen molar-refractivity contribution in [2.45, 2.75) is 18.9 Å². The molecule has 1 aromatic rings. The lowest BCUT2D eigenvalue weighted by Gasteiger charge is -2.34. The van der Waals surface area contributed by atoms with E-state index in [9.17, 15) is 5.11 Å². The predicted molar refractivity (Wildman–Crippen MR) is 97.9 cm³/mol. The second-order valence-corrected chi connectivity index (χ2v) is 7.44. The number of hydrogen-bond acceptors (Lipinski definition) is 3. The van der Waals surface area contributed by atoms with Crippen LogP contribution < -0.4 is 0 Å². The summed E-state index contributed by atoms with van der Waals surface area (Å²) in [6.07, 6.45) is 4.32. The van der Waals surface area contributed by atoms with Gasteiger partial charge in [-0.1, -0.05) is 12.1 Å². The lowest BCUT2D eigenvalue weighted by Crippen LogP contribution is -2.50. The highest BCUT2D eigenvalue weighted by Crippen LogP contribution is 2.50. The van der Waals surface area contributed by atoms with Crippen LogP contribution in [0, 0.1) is 6.92 Å². The number of quaternary nitrogens is 1. The minimum atomic E-state index is -0.109. The van der Waals surface area contributed by atoms with Crippen molar-refractivity contribution >= 4 is 48.0 Å². The summed E-state index contributed by atoms with van der Waals surface area (Å²) in [4.78, 5) is 9.13. The van der Waals surface area contributed by atoms with E-state index in [0.717, 1.165) is 40.1 Å². The molecule has 116 valence electrons. The van der Waals surface area contributed by atoms with Gasteiger partial charge in [0.2, 0.25) is 0 Å². The molecule has 3 aliphatic rings. The Bertz CT molecular complexity index is 804. The second-order valence-electron chi connectivity index (χ2n) is 5.87. The van der Waals surface area contributed by atoms with Gasteiger partial charge in [-0.2, -0.15) is 4.99 Å². The molecule has 1 fully saturated rings. The maximum atomic E-state index is 9.88. The molecule has 2 radical (unpaired) electrons. The molecule has 2 heterocycles. The number of hydrogen-bond donors (Lipinski definition) is 1. The average molecular weight is 436 g/mol. The smallest absolute Gasteiger partial charge is 0.271 e. The third-order valence-corrected chi connectivity index (χ3v) is 5.31. The standard InChI is InChI=1S/C17H14Br2N3O/c1-10-2-4-11(5-3-10)15-13(9-23)20-17-16(19)21-14(18)8-22(15,17)12-6-7-12/h1-5,8,12,23H,6-7,9H2/q+1. The van der Waals surface area contributed by atoms with Crippen LogP contribution >= 0.6 is 31.9 Å². The van der Waals surface area contributed by atoms with Gasteiger partial charge in [0.15, 0.2) is 14.9 Å². The molecular formula is C17H14Br2N3O+. The lowest BCUT2D eigenvalue weighted by atomic mass is 10.0. The molecular weight excluding hydrogens is 422 g/mol. The summed E-state index contributed by atoms with van der Waals surface area (Å²) in [7, 11) is 0. The summed E-state index contributed by atoms with van der Waals surface area (Å²) in [5.41, 5.74) is 3.43. The fraction of sp³-hybridized carbons (Fsp3) is 0.235. The fourth-order valence-corrected chi connectivity index (χ4v) is 4.63. The van der Waals surface area contributed by atoms with Gasteiger partial charge in [0, 0.05) is 18.4 Å². The van der Waals surface area contributed by atoms with E-state index in [0.29, 0.717) is 20.8 Å². The molecule has 1 aromatic carbocycles. The van der Waals surface area contributed by atoms with Crippen LogP contribution in [0.2, 0.25) is 0 Å². The Balaban J connectivity index is 1.96. The van der Waals surface area contributed by atoms with Gasteiger partial charge in [-0.15, -0.1) is 0 Å². The third-order valence-electron chi connectivity index (χ3n) is 4.39. The summed E-state index contributed by atoms with van der Waals surface area (Å²) in [5.74, 6) is 0.839. The van der Waals surface area contributed by atoms with Gasteiger partial charge in [-0.05, 0) is 56.5 Å². The Labute approximate surface area is 151 Å². The highest BCUT2D eigenvalue weighted by atomic mass is 79.9. The SMILES string of the molecule is [CH]c1ccc(C2=C(CO)N=C3C(Br)=NC(Br)=C[N+]32C2CC2)cc1. The highest BCUT2D eigenvalue weighted by Gasteiger charge is 2.58. The van der Waals surface area contributed by atoms with E-state index < -0.39 is 0 Å². The molecule has 1 unspecified atom stereocenters. The number of halogens is 2. The summed E-state index contributed by atoms with van der Waals surface area (Å²) in [6.45, 7) is 5.72. The van der Waals surface area contributed by atoms with E-state index >= 15 is 0 Å². The molecule has 6 heteroatoms. The minimum absolute atomic E-state index is 0.109. The molecule has 1 aliphatic carbocycles. The van der Waals surface area contributed by atoms with Gasteiger partial charge in [0.25, 0.3) is 5.84 Å². The van der Waals surface area contributed by atoms with Gasteiger partial charge >= 0.3 is 0 Å². The molecule has 1 saturated carbocycles. The number of amidine groups is 1. The Kier molecular flexibility index (Phi) is 3.68. The van der Waals surface area contributed by atoms with Gasteiger partial charge in [-0.3, -0.25) is 0 Å². The average Bonchev–Trinajstić information content (AvgIpc) is 3.31. The van der Waals surface area contributed by atoms with Crippen LogP contribution in [-0.4, -0.2) is 32.7 Å². The van der Waals surface area contributed by atoms with Crippen LogP contribution in [-0.2, 0) is 0 Å². The molecule has 1 N–H and O–H groups in total. The highest BCUT2D eigenvalue weighted by molar-refractivity contribution is 9.19. The maximum absolute atomic E-state index is 9.88. The molecule has 0 amide bonds. The number of rotatable bonds is 3. The van der Waals surface area contributed by atoms with E-state index in [1.165, 1.54) is 0 Å². The van der Waals surface area contributed by atoms with Crippen LogP contribution in [0.5, 0.6) is 0 Å². The molecule has 0 saturated heterocycles. The zero-order valence-electron chi connectivity index (χ0n) is 12.2. The van der Waals surface area contributed by atoms with Crippen LogP contribution in [0.1, 0.15) is 24.0 Å². The number of aliphatic hydroxyl groups is 1. The molecule has 4 nitrogen and oxygen atoms in total. The molecule has 4 rings (SSSR count). The molecule has 0 spiro atoms. The third kappa shape index (κ3) is 2.31. The Hall–Kier alpha value is -1.08. The zero-order chi connectivity index (χ0) is 16.2. The second kappa shape index (κ2) is 5.48. The summed E-state index contributed by atoms with van der Waals surface area (Å²) in [5, 5.41) is 9.88. The summed E-state index contributed by atoms with van der Waals surface area (Å²) in [6, 6.07) is 8.15. The van der Waals surface area contributed by atoms with Crippen molar-refractivity contribution in [1.29, 1.82) is 0 Å².